The third-order valence-electron chi connectivity index (χ3n) is 8.81. The van der Waals surface area contributed by atoms with E-state index in [1.165, 1.54) is 7.11 Å². The van der Waals surface area contributed by atoms with E-state index >= 15 is 0 Å². The number of phenolic OH excluding ortho intramolecular Hbond substituents is 1. The van der Waals surface area contributed by atoms with Crippen LogP contribution in [0.4, 0.5) is 0 Å². The zero-order valence-electron chi connectivity index (χ0n) is 21.3. The number of fused-ring (bicyclic) bond motifs is 8. The predicted octanol–water partition coefficient (Wildman–Crippen LogP) is 2.40. The molecule has 5 aliphatic heterocycles. The Kier molecular flexibility index (Phi) is 4.66. The number of hydrogen-bond donors (Lipinski definition) is 1. The Balaban J connectivity index is 1.41. The molecule has 1 spiro atoms. The Bertz CT molecular complexity index is 1390. The summed E-state index contributed by atoms with van der Waals surface area (Å²) in [4.78, 5) is 13.0. The van der Waals surface area contributed by atoms with Crippen molar-refractivity contribution in [3.8, 4) is 17.2 Å². The minimum atomic E-state index is -1.49. The molecule has 1 aliphatic carbocycles. The fourth-order valence-corrected chi connectivity index (χ4v) is 7.24. The van der Waals surface area contributed by atoms with Crippen LogP contribution in [0.25, 0.3) is 10.8 Å². The van der Waals surface area contributed by atoms with Crippen molar-refractivity contribution >= 4 is 16.6 Å². The maximum absolute atomic E-state index is 13.0. The molecule has 38 heavy (non-hydrogen) atoms. The Morgan fingerprint density at radius 3 is 2.66 bits per heavy atom. The fourth-order valence-electron chi connectivity index (χ4n) is 7.24. The SMILES string of the molecule is COCO[C@@]12Oc3c(c(C)cc4c(OC)c5c(c(O)c34)C(=O)CCC5)[C@H]3O[C@](C4OCCO4)(O[C@@H]31)[C@]21CO1. The van der Waals surface area contributed by atoms with Crippen molar-refractivity contribution in [1.82, 2.24) is 0 Å². The number of rotatable bonds is 5. The van der Waals surface area contributed by atoms with Crippen molar-refractivity contribution in [1.29, 1.82) is 0 Å². The first kappa shape index (κ1) is 23.4. The van der Waals surface area contributed by atoms with Crippen LogP contribution < -0.4 is 9.47 Å². The molecule has 4 fully saturated rings. The number of benzene rings is 2. The number of ketones is 1. The third-order valence-corrected chi connectivity index (χ3v) is 8.81. The molecule has 2 aromatic carbocycles. The number of epoxide rings is 1. The van der Waals surface area contributed by atoms with Gasteiger partial charge in [0.25, 0.3) is 11.6 Å². The molecule has 6 aliphatic rings. The summed E-state index contributed by atoms with van der Waals surface area (Å²) < 4.78 is 55.4. The van der Waals surface area contributed by atoms with Gasteiger partial charge >= 0.3 is 0 Å². The van der Waals surface area contributed by atoms with Crippen LogP contribution in [0.3, 0.4) is 0 Å². The number of carbonyl (C=O) groups excluding carboxylic acids is 1. The number of aryl methyl sites for hydroxylation is 1. The molecule has 0 saturated carbocycles. The van der Waals surface area contributed by atoms with Crippen molar-refractivity contribution in [3.63, 3.8) is 0 Å². The Morgan fingerprint density at radius 1 is 1.16 bits per heavy atom. The molecule has 0 aromatic heterocycles. The predicted molar refractivity (Wildman–Crippen MR) is 126 cm³/mol. The maximum Gasteiger partial charge on any atom is 0.279 e. The number of ether oxygens (including phenoxy) is 9. The number of phenols is 1. The van der Waals surface area contributed by atoms with E-state index in [1.54, 1.807) is 7.11 Å². The Morgan fingerprint density at radius 2 is 1.95 bits per heavy atom. The van der Waals surface area contributed by atoms with Gasteiger partial charge in [0.2, 0.25) is 11.9 Å². The van der Waals surface area contributed by atoms with Crippen LogP contribution in [0, 0.1) is 6.92 Å². The van der Waals surface area contributed by atoms with Gasteiger partial charge in [0.1, 0.15) is 23.4 Å². The number of Topliss-reactive ketones (excluding diaryl/α,β-unsaturated/α-hetero) is 1. The highest BCUT2D eigenvalue weighted by atomic mass is 16.9. The second kappa shape index (κ2) is 7.57. The molecule has 0 unspecified atom stereocenters. The summed E-state index contributed by atoms with van der Waals surface area (Å²) in [6, 6.07) is 1.94. The van der Waals surface area contributed by atoms with Gasteiger partial charge in [-0.25, -0.2) is 0 Å². The van der Waals surface area contributed by atoms with Crippen molar-refractivity contribution in [3.05, 3.63) is 28.3 Å². The van der Waals surface area contributed by atoms with Gasteiger partial charge in [0, 0.05) is 30.0 Å². The molecule has 0 amide bonds. The van der Waals surface area contributed by atoms with Crippen molar-refractivity contribution in [2.45, 2.75) is 61.9 Å². The van der Waals surface area contributed by atoms with Gasteiger partial charge in [-0.1, -0.05) is 0 Å². The summed E-state index contributed by atoms with van der Waals surface area (Å²) >= 11 is 0. The summed E-state index contributed by atoms with van der Waals surface area (Å²) in [5.74, 6) is -2.27. The highest BCUT2D eigenvalue weighted by Gasteiger charge is 2.93. The number of carbonyl (C=O) groups is 1. The van der Waals surface area contributed by atoms with Crippen LogP contribution >= 0.6 is 0 Å². The van der Waals surface area contributed by atoms with Crippen LogP contribution in [0.5, 0.6) is 17.2 Å². The van der Waals surface area contributed by atoms with E-state index in [1.807, 2.05) is 13.0 Å². The second-order valence-electron chi connectivity index (χ2n) is 10.6. The monoisotopic (exact) mass is 528 g/mol. The summed E-state index contributed by atoms with van der Waals surface area (Å²) in [6.45, 7) is 2.84. The minimum Gasteiger partial charge on any atom is -0.506 e. The molecule has 4 saturated heterocycles. The maximum atomic E-state index is 13.0. The molecule has 11 heteroatoms. The standard InChI is InChI=1S/C27H28O11/c1-12-9-14-18(19(29)17-13(20(14)31-3)5-4-6-15(17)28)21-16(12)22-23-26(36-21,35-11-30-2)25(10-34-25)27(37-22,38-23)24-32-7-8-33-24/h9,22-24,29H,4-8,10-11H2,1-3H3/t22-,23+,25+,26-,27-/m1/s1. The molecule has 11 nitrogen and oxygen atoms in total. The molecule has 8 rings (SSSR count). The molecule has 2 aromatic rings. The van der Waals surface area contributed by atoms with Crippen LogP contribution in [-0.2, 0) is 39.6 Å². The molecule has 1 N–H and O–H groups in total. The van der Waals surface area contributed by atoms with Gasteiger partial charge in [0.15, 0.2) is 18.7 Å². The van der Waals surface area contributed by atoms with E-state index in [0.717, 1.165) is 5.56 Å². The Labute approximate surface area is 217 Å². The summed E-state index contributed by atoms with van der Waals surface area (Å²) in [6.07, 6.45) is -0.542. The smallest absolute Gasteiger partial charge is 0.279 e. The van der Waals surface area contributed by atoms with Crippen LogP contribution in [0.2, 0.25) is 0 Å². The zero-order valence-corrected chi connectivity index (χ0v) is 21.3. The van der Waals surface area contributed by atoms with Crippen molar-refractivity contribution < 1.29 is 52.5 Å². The first-order chi connectivity index (χ1) is 18.4. The van der Waals surface area contributed by atoms with Crippen molar-refractivity contribution in [2.75, 3.05) is 40.8 Å². The lowest BCUT2D eigenvalue weighted by atomic mass is 9.78. The van der Waals surface area contributed by atoms with E-state index < -0.39 is 35.7 Å². The molecule has 0 radical (unpaired) electrons. The summed E-state index contributed by atoms with van der Waals surface area (Å²) in [7, 11) is 3.09. The van der Waals surface area contributed by atoms with Crippen molar-refractivity contribution in [2.24, 2.45) is 0 Å². The Hall–Kier alpha value is -2.51. The average molecular weight is 529 g/mol. The fraction of sp³-hybridized carbons (Fsp3) is 0.593. The van der Waals surface area contributed by atoms with E-state index in [4.69, 9.17) is 42.6 Å². The van der Waals surface area contributed by atoms with E-state index in [2.05, 4.69) is 0 Å². The minimum absolute atomic E-state index is 0.109. The quantitative estimate of drug-likeness (QED) is 0.454. The highest BCUT2D eigenvalue weighted by Crippen LogP contribution is 2.72. The van der Waals surface area contributed by atoms with Gasteiger partial charge in [-0.15, -0.1) is 0 Å². The average Bonchev–Trinajstić information content (AvgIpc) is 3.26. The molecule has 5 atom stereocenters. The van der Waals surface area contributed by atoms with E-state index in [0.29, 0.717) is 65.9 Å². The number of hydrogen-bond acceptors (Lipinski definition) is 11. The molecule has 202 valence electrons. The lowest BCUT2D eigenvalue weighted by Crippen LogP contribution is -2.70. The second-order valence-corrected chi connectivity index (χ2v) is 10.6. The zero-order chi connectivity index (χ0) is 26.0. The molecular formula is C27H28O11. The van der Waals surface area contributed by atoms with E-state index in [-0.39, 0.29) is 30.5 Å². The normalized spacial score (nSPS) is 36.6. The van der Waals surface area contributed by atoms with Gasteiger partial charge in [-0.05, 0) is 31.4 Å². The largest absolute Gasteiger partial charge is 0.506 e. The number of aromatic hydroxyl groups is 1. The number of methoxy groups -OCH3 is 2. The first-order valence-corrected chi connectivity index (χ1v) is 12.9. The topological polar surface area (TPSA) is 124 Å². The van der Waals surface area contributed by atoms with Gasteiger partial charge in [-0.3, -0.25) is 4.79 Å². The molecular weight excluding hydrogens is 500 g/mol. The van der Waals surface area contributed by atoms with E-state index in [9.17, 15) is 9.90 Å². The lowest BCUT2D eigenvalue weighted by molar-refractivity contribution is -0.348. The van der Waals surface area contributed by atoms with Crippen LogP contribution in [-0.4, -0.2) is 81.3 Å². The summed E-state index contributed by atoms with van der Waals surface area (Å²) in [5.41, 5.74) is 1.33. The third kappa shape index (κ3) is 2.48. The first-order valence-electron chi connectivity index (χ1n) is 12.9. The lowest BCUT2D eigenvalue weighted by Gasteiger charge is -2.49. The van der Waals surface area contributed by atoms with Gasteiger partial charge < -0.3 is 47.7 Å². The highest BCUT2D eigenvalue weighted by molar-refractivity contribution is 6.11. The van der Waals surface area contributed by atoms with Gasteiger partial charge in [-0.2, -0.15) is 0 Å². The van der Waals surface area contributed by atoms with Crippen LogP contribution in [0.15, 0.2) is 6.07 Å². The molecule has 2 bridgehead atoms. The van der Waals surface area contributed by atoms with Gasteiger partial charge in [0.05, 0.1) is 37.9 Å². The summed E-state index contributed by atoms with van der Waals surface area (Å²) in [5, 5.41) is 12.7. The molecule has 5 heterocycles. The van der Waals surface area contributed by atoms with Crippen LogP contribution in [0.1, 0.15) is 46.0 Å².